The average molecular weight is 649 g/mol. The molecule has 0 radical (unpaired) electrons. The first-order valence-corrected chi connectivity index (χ1v) is 17.2. The van der Waals surface area contributed by atoms with E-state index in [4.69, 9.17) is 13.9 Å². The number of hydrogen-bond donors (Lipinski definition) is 1. The van der Waals surface area contributed by atoms with E-state index in [9.17, 15) is 19.1 Å². The quantitative estimate of drug-likeness (QED) is 0.214. The molecule has 0 spiro atoms. The molecule has 7 rings (SSSR count). The van der Waals surface area contributed by atoms with E-state index >= 15 is 0 Å². The molecule has 2 unspecified atom stereocenters. The maximum atomic E-state index is 14.2. The topological polar surface area (TPSA) is 104 Å². The number of hydrogen-bond acceptors (Lipinski definition) is 8. The zero-order chi connectivity index (χ0) is 32.3. The smallest absolute Gasteiger partial charge is 0.375 e. The molecular formula is C36H41FN2O6S. The normalized spacial score (nSPS) is 32.9. The number of methoxy groups -OCH3 is 1. The van der Waals surface area contributed by atoms with Gasteiger partial charge in [-0.15, -0.1) is 0 Å². The van der Waals surface area contributed by atoms with Crippen LogP contribution in [0.15, 0.2) is 58.8 Å². The highest BCUT2D eigenvalue weighted by Crippen LogP contribution is 2.69. The van der Waals surface area contributed by atoms with Crippen molar-refractivity contribution in [3.05, 3.63) is 77.3 Å². The van der Waals surface area contributed by atoms with Gasteiger partial charge in [-0.2, -0.15) is 5.10 Å². The molecule has 3 fully saturated rings. The first kappa shape index (κ1) is 31.4. The van der Waals surface area contributed by atoms with Gasteiger partial charge in [-0.05, 0) is 116 Å². The lowest BCUT2D eigenvalue weighted by Gasteiger charge is -2.60. The minimum atomic E-state index is -1.38. The molecule has 0 aliphatic heterocycles. The van der Waals surface area contributed by atoms with Crippen molar-refractivity contribution < 1.29 is 33.0 Å². The Morgan fingerprint density at radius 3 is 2.74 bits per heavy atom. The summed E-state index contributed by atoms with van der Waals surface area (Å²) in [7, 11) is 1.64. The molecule has 244 valence electrons. The van der Waals surface area contributed by atoms with Crippen molar-refractivity contribution in [2.45, 2.75) is 70.5 Å². The molecule has 46 heavy (non-hydrogen) atoms. The number of benzene rings is 1. The highest BCUT2D eigenvalue weighted by atomic mass is 32.2. The highest BCUT2D eigenvalue weighted by Gasteiger charge is 2.70. The molecular weight excluding hydrogens is 607 g/mol. The van der Waals surface area contributed by atoms with E-state index in [0.717, 1.165) is 42.6 Å². The van der Waals surface area contributed by atoms with Crippen LogP contribution in [-0.2, 0) is 20.7 Å². The fourth-order valence-electron chi connectivity index (χ4n) is 9.59. The number of carbonyl (C=O) groups excluding carboxylic acids is 2. The van der Waals surface area contributed by atoms with Crippen molar-refractivity contribution in [1.82, 2.24) is 9.78 Å². The Bertz CT molecular complexity index is 1650. The van der Waals surface area contributed by atoms with Crippen LogP contribution in [0.3, 0.4) is 0 Å². The van der Waals surface area contributed by atoms with Gasteiger partial charge in [0.2, 0.25) is 10.9 Å². The van der Waals surface area contributed by atoms with E-state index in [1.165, 1.54) is 35.7 Å². The van der Waals surface area contributed by atoms with E-state index in [-0.39, 0.29) is 39.9 Å². The van der Waals surface area contributed by atoms with Gasteiger partial charge in [-0.3, -0.25) is 4.79 Å². The standard InChI is InChI=1S/C36H41FN2O6S/c1-34-19-22-21-38-39(25-10-8-24(37)9-11-25)28(22)18-23(34)7-12-26-27-13-14-36(33(42)46-17-5-15-43-3,35(27,2)20-29(40)31(26)34)45-32(41)30-6-4-16-44-30/h4,6,8-11,16,18,21,26-27,29,31,40H,5,7,12-15,17,19-20H2,1-3H3/t26-,27?,29-,31?,34-,35-,36-/m0/s1. The maximum absolute atomic E-state index is 14.2. The number of nitrogens with zero attached hydrogens (tertiary/aromatic N) is 2. The lowest BCUT2D eigenvalue weighted by atomic mass is 9.45. The number of aliphatic hydroxyl groups is 1. The summed E-state index contributed by atoms with van der Waals surface area (Å²) in [5, 5.41) is 16.7. The van der Waals surface area contributed by atoms with Crippen molar-refractivity contribution in [3.8, 4) is 5.69 Å². The van der Waals surface area contributed by atoms with Gasteiger partial charge in [0.05, 0.1) is 29.9 Å². The van der Waals surface area contributed by atoms with Gasteiger partial charge in [-0.25, -0.2) is 13.9 Å². The lowest BCUT2D eigenvalue weighted by Crippen LogP contribution is -2.62. The zero-order valence-corrected chi connectivity index (χ0v) is 27.4. The number of ether oxygens (including phenoxy) is 2. The summed E-state index contributed by atoms with van der Waals surface area (Å²) in [5.74, 6) is -0.0811. The Balaban J connectivity index is 1.20. The SMILES string of the molecule is COCCCSC(=O)[C@@]1(OC(=O)c2ccco2)CCC2[C@@H]3CCC4=Cc5c(cnn5-c5ccc(F)cc5)C[C@]4(C)C3[C@@H](O)C[C@@]21C. The first-order chi connectivity index (χ1) is 22.1. The summed E-state index contributed by atoms with van der Waals surface area (Å²) in [6.07, 6.45) is 9.56. The number of esters is 1. The molecule has 2 aromatic heterocycles. The Morgan fingerprint density at radius 2 is 2.00 bits per heavy atom. The molecule has 3 aromatic rings. The van der Waals surface area contributed by atoms with Crippen molar-refractivity contribution in [1.29, 1.82) is 0 Å². The van der Waals surface area contributed by atoms with Crippen molar-refractivity contribution in [2.75, 3.05) is 19.5 Å². The van der Waals surface area contributed by atoms with Gasteiger partial charge in [-0.1, -0.05) is 31.2 Å². The van der Waals surface area contributed by atoms with E-state index in [2.05, 4.69) is 25.0 Å². The van der Waals surface area contributed by atoms with Gasteiger partial charge in [0.1, 0.15) is 5.82 Å². The van der Waals surface area contributed by atoms with Crippen LogP contribution in [0.1, 0.15) is 74.2 Å². The maximum Gasteiger partial charge on any atom is 0.375 e. The van der Waals surface area contributed by atoms with Crippen LogP contribution in [0.4, 0.5) is 4.39 Å². The third-order valence-corrected chi connectivity index (χ3v) is 12.7. The summed E-state index contributed by atoms with van der Waals surface area (Å²) < 4.78 is 32.4. The van der Waals surface area contributed by atoms with Gasteiger partial charge in [0.15, 0.2) is 5.60 Å². The molecule has 3 saturated carbocycles. The van der Waals surface area contributed by atoms with E-state index in [1.54, 1.807) is 31.4 Å². The number of aromatic nitrogens is 2. The molecule has 8 nitrogen and oxygen atoms in total. The minimum Gasteiger partial charge on any atom is -0.457 e. The molecule has 0 saturated heterocycles. The molecule has 0 bridgehead atoms. The van der Waals surface area contributed by atoms with Crippen molar-refractivity contribution in [2.24, 2.45) is 28.6 Å². The first-order valence-electron chi connectivity index (χ1n) is 16.3. The molecule has 4 aliphatic rings. The third kappa shape index (κ3) is 4.82. The summed E-state index contributed by atoms with van der Waals surface area (Å²) in [5.41, 5.74) is 1.81. The van der Waals surface area contributed by atoms with Crippen LogP contribution in [-0.4, -0.2) is 57.1 Å². The summed E-state index contributed by atoms with van der Waals surface area (Å²) in [4.78, 5) is 27.6. The van der Waals surface area contributed by atoms with Crippen molar-refractivity contribution in [3.63, 3.8) is 0 Å². The molecule has 1 aromatic carbocycles. The number of allylic oxidation sites excluding steroid dienone is 1. The molecule has 7 atom stereocenters. The summed E-state index contributed by atoms with van der Waals surface area (Å²) in [6.45, 7) is 4.88. The van der Waals surface area contributed by atoms with Crippen LogP contribution in [0.5, 0.6) is 0 Å². The lowest BCUT2D eigenvalue weighted by molar-refractivity contribution is -0.175. The van der Waals surface area contributed by atoms with Gasteiger partial charge < -0.3 is 19.0 Å². The number of fused-ring (bicyclic) bond motifs is 6. The Hall–Kier alpha value is -3.21. The average Bonchev–Trinajstić information content (AvgIpc) is 3.77. The fourth-order valence-corrected chi connectivity index (χ4v) is 10.7. The second kappa shape index (κ2) is 11.8. The van der Waals surface area contributed by atoms with Gasteiger partial charge in [0.25, 0.3) is 0 Å². The number of aliphatic hydroxyl groups excluding tert-OH is 1. The van der Waals surface area contributed by atoms with Crippen LogP contribution in [0.2, 0.25) is 0 Å². The van der Waals surface area contributed by atoms with Gasteiger partial charge >= 0.3 is 5.97 Å². The van der Waals surface area contributed by atoms with Crippen molar-refractivity contribution >= 4 is 28.9 Å². The van der Waals surface area contributed by atoms with Crippen LogP contribution < -0.4 is 0 Å². The largest absolute Gasteiger partial charge is 0.457 e. The molecule has 4 aliphatic carbocycles. The second-order valence-electron chi connectivity index (χ2n) is 13.9. The molecule has 0 amide bonds. The monoisotopic (exact) mass is 648 g/mol. The zero-order valence-electron chi connectivity index (χ0n) is 26.5. The fraction of sp³-hybridized carbons (Fsp3) is 0.528. The summed E-state index contributed by atoms with van der Waals surface area (Å²) in [6, 6.07) is 9.55. The minimum absolute atomic E-state index is 0.0195. The Morgan fingerprint density at radius 1 is 1.20 bits per heavy atom. The number of thioether (sulfide) groups is 1. The molecule has 10 heteroatoms. The van der Waals surface area contributed by atoms with Crippen LogP contribution in [0, 0.1) is 34.4 Å². The van der Waals surface area contributed by atoms with Crippen LogP contribution in [0.25, 0.3) is 11.8 Å². The Labute approximate surface area is 272 Å². The third-order valence-electron chi connectivity index (χ3n) is 11.7. The summed E-state index contributed by atoms with van der Waals surface area (Å²) >= 11 is 1.20. The highest BCUT2D eigenvalue weighted by molar-refractivity contribution is 8.13. The van der Waals surface area contributed by atoms with E-state index < -0.39 is 23.1 Å². The second-order valence-corrected chi connectivity index (χ2v) is 15.0. The van der Waals surface area contributed by atoms with E-state index in [1.807, 2.05) is 10.9 Å². The number of carbonyl (C=O) groups is 2. The Kier molecular flexibility index (Phi) is 8.05. The molecule has 2 heterocycles. The van der Waals surface area contributed by atoms with E-state index in [0.29, 0.717) is 31.6 Å². The van der Waals surface area contributed by atoms with Gasteiger partial charge in [0, 0.05) is 24.9 Å². The molecule has 1 N–H and O–H groups in total. The predicted octanol–water partition coefficient (Wildman–Crippen LogP) is 6.65. The predicted molar refractivity (Wildman–Crippen MR) is 172 cm³/mol. The number of halogens is 1. The number of furan rings is 1. The van der Waals surface area contributed by atoms with Crippen LogP contribution >= 0.6 is 11.8 Å². The number of rotatable bonds is 8.